The zero-order valence-electron chi connectivity index (χ0n) is 8.68. The standard InChI is InChI=1S/C12H12FN3/c13-10-3-1-9(2-4-10)11(7-14)12-5-6-15-8-16-12/h1-6,8,11H,7,14H2. The van der Waals surface area contributed by atoms with E-state index in [2.05, 4.69) is 9.97 Å². The third-order valence-corrected chi connectivity index (χ3v) is 2.47. The van der Waals surface area contributed by atoms with Gasteiger partial charge in [0.25, 0.3) is 0 Å². The Labute approximate surface area is 93.2 Å². The van der Waals surface area contributed by atoms with Crippen molar-refractivity contribution in [1.82, 2.24) is 9.97 Å². The third kappa shape index (κ3) is 2.23. The summed E-state index contributed by atoms with van der Waals surface area (Å²) in [6, 6.07) is 8.14. The largest absolute Gasteiger partial charge is 0.329 e. The van der Waals surface area contributed by atoms with Gasteiger partial charge in [0.2, 0.25) is 0 Å². The van der Waals surface area contributed by atoms with Crippen molar-refractivity contribution in [3.63, 3.8) is 0 Å². The normalized spacial score (nSPS) is 12.4. The summed E-state index contributed by atoms with van der Waals surface area (Å²) >= 11 is 0. The SMILES string of the molecule is NCC(c1ccc(F)cc1)c1ccncn1. The van der Waals surface area contributed by atoms with Crippen LogP contribution in [0.15, 0.2) is 42.9 Å². The van der Waals surface area contributed by atoms with Gasteiger partial charge in [-0.2, -0.15) is 0 Å². The summed E-state index contributed by atoms with van der Waals surface area (Å²) in [5.74, 6) is -0.259. The van der Waals surface area contributed by atoms with Crippen LogP contribution in [-0.2, 0) is 0 Å². The Morgan fingerprint density at radius 2 is 1.94 bits per heavy atom. The van der Waals surface area contributed by atoms with E-state index in [4.69, 9.17) is 5.73 Å². The molecule has 16 heavy (non-hydrogen) atoms. The Bertz CT molecular complexity index is 442. The number of aromatic nitrogens is 2. The molecule has 1 unspecified atom stereocenters. The molecule has 1 aromatic carbocycles. The summed E-state index contributed by atoms with van der Waals surface area (Å²) in [6.45, 7) is 0.433. The second kappa shape index (κ2) is 4.81. The van der Waals surface area contributed by atoms with Gasteiger partial charge in [-0.25, -0.2) is 14.4 Å². The number of nitrogens with zero attached hydrogens (tertiary/aromatic N) is 2. The molecule has 0 aliphatic rings. The van der Waals surface area contributed by atoms with Gasteiger partial charge >= 0.3 is 0 Å². The average molecular weight is 217 g/mol. The zero-order valence-corrected chi connectivity index (χ0v) is 8.68. The van der Waals surface area contributed by atoms with Gasteiger partial charge in [0.1, 0.15) is 12.1 Å². The Hall–Kier alpha value is -1.81. The molecule has 0 aliphatic heterocycles. The van der Waals surface area contributed by atoms with Gasteiger partial charge in [0, 0.05) is 18.7 Å². The second-order valence-electron chi connectivity index (χ2n) is 3.47. The van der Waals surface area contributed by atoms with Crippen molar-refractivity contribution in [3.8, 4) is 0 Å². The highest BCUT2D eigenvalue weighted by atomic mass is 19.1. The number of rotatable bonds is 3. The highest BCUT2D eigenvalue weighted by molar-refractivity contribution is 5.28. The van der Waals surface area contributed by atoms with Crippen LogP contribution in [0, 0.1) is 5.82 Å². The lowest BCUT2D eigenvalue weighted by molar-refractivity contribution is 0.626. The van der Waals surface area contributed by atoms with Crippen LogP contribution in [0.4, 0.5) is 4.39 Å². The van der Waals surface area contributed by atoms with Crippen LogP contribution in [-0.4, -0.2) is 16.5 Å². The first-order chi connectivity index (χ1) is 7.81. The van der Waals surface area contributed by atoms with E-state index >= 15 is 0 Å². The maximum absolute atomic E-state index is 12.8. The Morgan fingerprint density at radius 1 is 1.19 bits per heavy atom. The number of nitrogens with two attached hydrogens (primary N) is 1. The lowest BCUT2D eigenvalue weighted by atomic mass is 9.96. The van der Waals surface area contributed by atoms with Gasteiger partial charge < -0.3 is 5.73 Å². The van der Waals surface area contributed by atoms with Crippen molar-refractivity contribution in [2.24, 2.45) is 5.73 Å². The van der Waals surface area contributed by atoms with E-state index in [-0.39, 0.29) is 11.7 Å². The molecule has 0 bridgehead atoms. The van der Waals surface area contributed by atoms with Gasteiger partial charge in [-0.3, -0.25) is 0 Å². The summed E-state index contributed by atoms with van der Waals surface area (Å²) in [5.41, 5.74) is 7.53. The lowest BCUT2D eigenvalue weighted by Gasteiger charge is -2.14. The minimum atomic E-state index is -0.248. The molecule has 1 aromatic heterocycles. The van der Waals surface area contributed by atoms with Crippen LogP contribution in [0.3, 0.4) is 0 Å². The number of hydrogen-bond donors (Lipinski definition) is 1. The predicted molar refractivity (Wildman–Crippen MR) is 59.3 cm³/mol. The average Bonchev–Trinajstić information content (AvgIpc) is 2.34. The fourth-order valence-corrected chi connectivity index (χ4v) is 1.63. The van der Waals surface area contributed by atoms with E-state index in [0.29, 0.717) is 6.54 Å². The van der Waals surface area contributed by atoms with Crippen LogP contribution in [0.5, 0.6) is 0 Å². The van der Waals surface area contributed by atoms with Crippen molar-refractivity contribution in [2.45, 2.75) is 5.92 Å². The fourth-order valence-electron chi connectivity index (χ4n) is 1.63. The van der Waals surface area contributed by atoms with Crippen LogP contribution < -0.4 is 5.73 Å². The topological polar surface area (TPSA) is 51.8 Å². The molecule has 1 atom stereocenters. The minimum Gasteiger partial charge on any atom is -0.329 e. The van der Waals surface area contributed by atoms with E-state index in [9.17, 15) is 4.39 Å². The highest BCUT2D eigenvalue weighted by Gasteiger charge is 2.13. The van der Waals surface area contributed by atoms with Crippen molar-refractivity contribution in [2.75, 3.05) is 6.54 Å². The monoisotopic (exact) mass is 217 g/mol. The molecule has 2 rings (SSSR count). The molecule has 0 saturated carbocycles. The number of halogens is 1. The molecule has 0 amide bonds. The molecule has 0 fully saturated rings. The van der Waals surface area contributed by atoms with E-state index < -0.39 is 0 Å². The molecular formula is C12H12FN3. The first kappa shape index (κ1) is 10.7. The van der Waals surface area contributed by atoms with Crippen LogP contribution in [0.2, 0.25) is 0 Å². The van der Waals surface area contributed by atoms with Gasteiger partial charge in [-0.05, 0) is 23.8 Å². The minimum absolute atomic E-state index is 0.0106. The molecule has 1 heterocycles. The Balaban J connectivity index is 2.33. The van der Waals surface area contributed by atoms with E-state index in [1.54, 1.807) is 18.3 Å². The summed E-state index contributed by atoms with van der Waals surface area (Å²) < 4.78 is 12.8. The maximum Gasteiger partial charge on any atom is 0.123 e. The molecule has 3 nitrogen and oxygen atoms in total. The highest BCUT2D eigenvalue weighted by Crippen LogP contribution is 2.21. The van der Waals surface area contributed by atoms with Crippen molar-refractivity contribution >= 4 is 0 Å². The summed E-state index contributed by atoms with van der Waals surface area (Å²) in [5, 5.41) is 0. The Morgan fingerprint density at radius 3 is 2.50 bits per heavy atom. The van der Waals surface area contributed by atoms with Crippen LogP contribution in [0.1, 0.15) is 17.2 Å². The van der Waals surface area contributed by atoms with Gasteiger partial charge in [0.15, 0.2) is 0 Å². The van der Waals surface area contributed by atoms with E-state index in [1.807, 2.05) is 6.07 Å². The van der Waals surface area contributed by atoms with Crippen molar-refractivity contribution in [3.05, 3.63) is 59.9 Å². The smallest absolute Gasteiger partial charge is 0.123 e. The summed E-state index contributed by atoms with van der Waals surface area (Å²) in [6.07, 6.45) is 3.16. The van der Waals surface area contributed by atoms with Gasteiger partial charge in [-0.1, -0.05) is 12.1 Å². The van der Waals surface area contributed by atoms with Crippen LogP contribution in [0.25, 0.3) is 0 Å². The molecule has 0 saturated heterocycles. The molecular weight excluding hydrogens is 205 g/mol. The Kier molecular flexibility index (Phi) is 3.22. The number of hydrogen-bond acceptors (Lipinski definition) is 3. The molecule has 2 N–H and O–H groups in total. The molecule has 0 radical (unpaired) electrons. The summed E-state index contributed by atoms with van der Waals surface area (Å²) in [7, 11) is 0. The van der Waals surface area contributed by atoms with Crippen LogP contribution >= 0.6 is 0 Å². The molecule has 2 aromatic rings. The number of benzene rings is 1. The quantitative estimate of drug-likeness (QED) is 0.851. The maximum atomic E-state index is 12.8. The van der Waals surface area contributed by atoms with Crippen molar-refractivity contribution < 1.29 is 4.39 Å². The molecule has 0 aliphatic carbocycles. The molecule has 4 heteroatoms. The van der Waals surface area contributed by atoms with E-state index in [0.717, 1.165) is 11.3 Å². The second-order valence-corrected chi connectivity index (χ2v) is 3.47. The van der Waals surface area contributed by atoms with Crippen molar-refractivity contribution in [1.29, 1.82) is 0 Å². The zero-order chi connectivity index (χ0) is 11.4. The molecule has 0 spiro atoms. The summed E-state index contributed by atoms with van der Waals surface area (Å²) in [4.78, 5) is 8.02. The first-order valence-electron chi connectivity index (χ1n) is 5.02. The first-order valence-corrected chi connectivity index (χ1v) is 5.02. The third-order valence-electron chi connectivity index (χ3n) is 2.47. The van der Waals surface area contributed by atoms with E-state index in [1.165, 1.54) is 18.5 Å². The fraction of sp³-hybridized carbons (Fsp3) is 0.167. The molecule has 82 valence electrons. The van der Waals surface area contributed by atoms with Gasteiger partial charge in [0.05, 0.1) is 5.69 Å². The van der Waals surface area contributed by atoms with Gasteiger partial charge in [-0.15, -0.1) is 0 Å². The predicted octanol–water partition coefficient (Wildman–Crippen LogP) is 1.71. The lowest BCUT2D eigenvalue weighted by Crippen LogP contribution is -2.15.